The number of ether oxygens (including phenoxy) is 2. The molecule has 23 heavy (non-hydrogen) atoms. The van der Waals surface area contributed by atoms with E-state index in [1.165, 1.54) is 21.1 Å². The maximum Gasteiger partial charge on any atom is 0.258 e. The van der Waals surface area contributed by atoms with Crippen molar-refractivity contribution in [3.63, 3.8) is 0 Å². The summed E-state index contributed by atoms with van der Waals surface area (Å²) in [4.78, 5) is 25.9. The number of methoxy groups -OCH3 is 2. The number of rotatable bonds is 6. The second-order valence-electron chi connectivity index (χ2n) is 6.13. The summed E-state index contributed by atoms with van der Waals surface area (Å²) in [5.74, 6) is 0.570. The first-order valence-electron chi connectivity index (χ1n) is 7.49. The van der Waals surface area contributed by atoms with Crippen LogP contribution in [-0.2, 0) is 4.79 Å². The van der Waals surface area contributed by atoms with E-state index in [9.17, 15) is 9.59 Å². The maximum absolute atomic E-state index is 12.4. The number of hydrogen-bond acceptors (Lipinski definition) is 4. The van der Waals surface area contributed by atoms with Gasteiger partial charge in [-0.05, 0) is 32.9 Å². The lowest BCUT2D eigenvalue weighted by Gasteiger charge is -2.35. The van der Waals surface area contributed by atoms with Crippen molar-refractivity contribution in [2.24, 2.45) is 0 Å². The second-order valence-corrected chi connectivity index (χ2v) is 6.13. The molecule has 128 valence electrons. The first-order chi connectivity index (χ1) is 10.7. The van der Waals surface area contributed by atoms with Crippen LogP contribution in [0.5, 0.6) is 11.5 Å². The predicted molar refractivity (Wildman–Crippen MR) is 89.0 cm³/mol. The fraction of sp³-hybridized carbons (Fsp3) is 0.529. The molecule has 0 fully saturated rings. The van der Waals surface area contributed by atoms with E-state index < -0.39 is 0 Å². The average Bonchev–Trinajstić information content (AvgIpc) is 2.48. The first kappa shape index (κ1) is 18.8. The van der Waals surface area contributed by atoms with E-state index in [-0.39, 0.29) is 17.4 Å². The van der Waals surface area contributed by atoms with Gasteiger partial charge in [-0.3, -0.25) is 9.59 Å². The molecule has 2 amide bonds. The third kappa shape index (κ3) is 4.87. The normalized spacial score (nSPS) is 10.9. The Bertz CT molecular complexity index is 542. The van der Waals surface area contributed by atoms with Crippen molar-refractivity contribution in [1.82, 2.24) is 10.2 Å². The van der Waals surface area contributed by atoms with Crippen LogP contribution in [0.1, 0.15) is 38.1 Å². The molecule has 0 aliphatic heterocycles. The highest BCUT2D eigenvalue weighted by atomic mass is 16.5. The molecule has 1 rings (SSSR count). The number of nitrogens with zero attached hydrogens (tertiary/aromatic N) is 1. The third-order valence-electron chi connectivity index (χ3n) is 3.47. The second kappa shape index (κ2) is 7.85. The molecule has 0 spiro atoms. The largest absolute Gasteiger partial charge is 0.496 e. The number of carbonyl (C=O) groups is 2. The monoisotopic (exact) mass is 322 g/mol. The molecule has 6 heteroatoms. The number of benzene rings is 1. The van der Waals surface area contributed by atoms with Crippen LogP contribution in [-0.4, -0.2) is 49.6 Å². The molecule has 0 saturated heterocycles. The Morgan fingerprint density at radius 1 is 1.13 bits per heavy atom. The minimum Gasteiger partial charge on any atom is -0.496 e. The summed E-state index contributed by atoms with van der Waals surface area (Å²) in [6.07, 6.45) is 0. The molecule has 0 aliphatic rings. The minimum atomic E-state index is -0.295. The lowest BCUT2D eigenvalue weighted by molar-refractivity contribution is -0.133. The third-order valence-corrected chi connectivity index (χ3v) is 3.47. The fourth-order valence-electron chi connectivity index (χ4n) is 2.41. The lowest BCUT2D eigenvalue weighted by atomic mass is 10.1. The summed E-state index contributed by atoms with van der Waals surface area (Å²) in [5.41, 5.74) is 0.0567. The molecular weight excluding hydrogens is 296 g/mol. The lowest BCUT2D eigenvalue weighted by Crippen LogP contribution is -2.48. The van der Waals surface area contributed by atoms with Gasteiger partial charge in [0.25, 0.3) is 5.91 Å². The summed E-state index contributed by atoms with van der Waals surface area (Å²) < 4.78 is 10.4. The van der Waals surface area contributed by atoms with Gasteiger partial charge in [-0.25, -0.2) is 0 Å². The van der Waals surface area contributed by atoms with Crippen molar-refractivity contribution in [2.75, 3.05) is 27.3 Å². The topological polar surface area (TPSA) is 67.9 Å². The smallest absolute Gasteiger partial charge is 0.258 e. The van der Waals surface area contributed by atoms with E-state index in [0.717, 1.165) is 0 Å². The van der Waals surface area contributed by atoms with Crippen molar-refractivity contribution >= 4 is 11.8 Å². The zero-order valence-corrected chi connectivity index (χ0v) is 14.7. The van der Waals surface area contributed by atoms with Crippen molar-refractivity contribution in [3.05, 3.63) is 23.8 Å². The van der Waals surface area contributed by atoms with E-state index >= 15 is 0 Å². The van der Waals surface area contributed by atoms with E-state index in [1.807, 2.05) is 20.8 Å². The SMILES string of the molecule is COc1cccc(OC)c1C(=O)NCCN(C(C)=O)C(C)(C)C. The van der Waals surface area contributed by atoms with Crippen LogP contribution < -0.4 is 14.8 Å². The van der Waals surface area contributed by atoms with Gasteiger partial charge in [-0.15, -0.1) is 0 Å². The quantitative estimate of drug-likeness (QED) is 0.871. The van der Waals surface area contributed by atoms with Gasteiger partial charge in [-0.1, -0.05) is 6.07 Å². The van der Waals surface area contributed by atoms with Crippen LogP contribution in [0.4, 0.5) is 0 Å². The summed E-state index contributed by atoms with van der Waals surface area (Å²) in [6, 6.07) is 5.16. The summed E-state index contributed by atoms with van der Waals surface area (Å²) >= 11 is 0. The Hall–Kier alpha value is -2.24. The zero-order valence-electron chi connectivity index (χ0n) is 14.7. The van der Waals surface area contributed by atoms with E-state index in [4.69, 9.17) is 9.47 Å². The molecule has 0 aromatic heterocycles. The Balaban J connectivity index is 2.80. The van der Waals surface area contributed by atoms with Crippen LogP contribution >= 0.6 is 0 Å². The number of amides is 2. The Kier molecular flexibility index (Phi) is 6.42. The molecule has 0 bridgehead atoms. The maximum atomic E-state index is 12.4. The Morgan fingerprint density at radius 3 is 2.04 bits per heavy atom. The fourth-order valence-corrected chi connectivity index (χ4v) is 2.41. The summed E-state index contributed by atoms with van der Waals surface area (Å²) in [5, 5.41) is 2.81. The van der Waals surface area contributed by atoms with E-state index in [2.05, 4.69) is 5.32 Å². The van der Waals surface area contributed by atoms with Crippen molar-refractivity contribution in [1.29, 1.82) is 0 Å². The number of nitrogens with one attached hydrogen (secondary N) is 1. The van der Waals surface area contributed by atoms with Crippen molar-refractivity contribution in [2.45, 2.75) is 33.2 Å². The van der Waals surface area contributed by atoms with Gasteiger partial charge in [0.2, 0.25) is 5.91 Å². The average molecular weight is 322 g/mol. The first-order valence-corrected chi connectivity index (χ1v) is 7.49. The molecule has 1 aromatic rings. The molecule has 0 aliphatic carbocycles. The van der Waals surface area contributed by atoms with Gasteiger partial charge in [0, 0.05) is 25.6 Å². The van der Waals surface area contributed by atoms with E-state index in [0.29, 0.717) is 30.2 Å². The highest BCUT2D eigenvalue weighted by Crippen LogP contribution is 2.27. The van der Waals surface area contributed by atoms with Crippen LogP contribution in [0.25, 0.3) is 0 Å². The predicted octanol–water partition coefficient (Wildman–Crippen LogP) is 2.08. The molecule has 0 heterocycles. The molecule has 0 atom stereocenters. The summed E-state index contributed by atoms with van der Waals surface area (Å²) in [6.45, 7) is 8.17. The van der Waals surface area contributed by atoms with Gasteiger partial charge < -0.3 is 19.7 Å². The molecule has 0 unspecified atom stereocenters. The molecular formula is C17H26N2O4. The van der Waals surface area contributed by atoms with Gasteiger partial charge in [-0.2, -0.15) is 0 Å². The van der Waals surface area contributed by atoms with Crippen LogP contribution in [0, 0.1) is 0 Å². The Morgan fingerprint density at radius 2 is 1.65 bits per heavy atom. The van der Waals surface area contributed by atoms with Gasteiger partial charge in [0.15, 0.2) is 0 Å². The van der Waals surface area contributed by atoms with Crippen LogP contribution in [0.3, 0.4) is 0 Å². The van der Waals surface area contributed by atoms with Crippen molar-refractivity contribution < 1.29 is 19.1 Å². The minimum absolute atomic E-state index is 0.0263. The summed E-state index contributed by atoms with van der Waals surface area (Å²) in [7, 11) is 3.01. The zero-order chi connectivity index (χ0) is 17.6. The van der Waals surface area contributed by atoms with Crippen molar-refractivity contribution in [3.8, 4) is 11.5 Å². The highest BCUT2D eigenvalue weighted by molar-refractivity contribution is 5.99. The molecule has 6 nitrogen and oxygen atoms in total. The Labute approximate surface area is 137 Å². The van der Waals surface area contributed by atoms with Gasteiger partial charge in [0.05, 0.1) is 14.2 Å². The molecule has 0 saturated carbocycles. The van der Waals surface area contributed by atoms with Crippen LogP contribution in [0.15, 0.2) is 18.2 Å². The number of carbonyl (C=O) groups excluding carboxylic acids is 2. The van der Waals surface area contributed by atoms with Crippen LogP contribution in [0.2, 0.25) is 0 Å². The molecule has 1 aromatic carbocycles. The molecule has 1 N–H and O–H groups in total. The standard InChI is InChI=1S/C17H26N2O4/c1-12(20)19(17(2,3)4)11-10-18-16(21)15-13(22-5)8-7-9-14(15)23-6/h7-9H,10-11H2,1-6H3,(H,18,21). The van der Waals surface area contributed by atoms with E-state index in [1.54, 1.807) is 23.1 Å². The van der Waals surface area contributed by atoms with Gasteiger partial charge >= 0.3 is 0 Å². The highest BCUT2D eigenvalue weighted by Gasteiger charge is 2.24. The number of hydrogen-bond donors (Lipinski definition) is 1. The van der Waals surface area contributed by atoms with Gasteiger partial charge in [0.1, 0.15) is 17.1 Å². The molecule has 0 radical (unpaired) electrons.